The molecule has 1 aliphatic heterocycles. The van der Waals surface area contributed by atoms with Crippen LogP contribution in [0.3, 0.4) is 0 Å². The summed E-state index contributed by atoms with van der Waals surface area (Å²) in [6, 6.07) is 5.85. The number of aliphatic hydroxyl groups excluding tert-OH is 1. The van der Waals surface area contributed by atoms with Crippen LogP contribution >= 0.6 is 0 Å². The number of hydrogen-bond donors (Lipinski definition) is 1. The Morgan fingerprint density at radius 2 is 1.95 bits per heavy atom. The largest absolute Gasteiger partial charge is 0.538 e. The van der Waals surface area contributed by atoms with Crippen molar-refractivity contribution in [2.45, 2.75) is 24.7 Å². The van der Waals surface area contributed by atoms with Gasteiger partial charge in [-0.25, -0.2) is 8.42 Å². The van der Waals surface area contributed by atoms with Crippen LogP contribution in [-0.2, 0) is 14.6 Å². The van der Waals surface area contributed by atoms with E-state index in [2.05, 4.69) is 4.98 Å². The van der Waals surface area contributed by atoms with Gasteiger partial charge in [0.05, 0.1) is 4.90 Å². The number of rotatable bonds is 3. The number of benzene rings is 1. The van der Waals surface area contributed by atoms with Crippen LogP contribution in [0.1, 0.15) is 18.4 Å². The van der Waals surface area contributed by atoms with Crippen LogP contribution in [0.2, 0.25) is 0 Å². The number of diazo groups is 1. The highest BCUT2D eigenvalue weighted by molar-refractivity contribution is 7.95. The molecule has 0 atom stereocenters. The Morgan fingerprint density at radius 1 is 1.33 bits per heavy atom. The van der Waals surface area contributed by atoms with Gasteiger partial charge in [-0.05, 0) is 25.5 Å². The summed E-state index contributed by atoms with van der Waals surface area (Å²) in [4.78, 5) is 15.0. The predicted octanol–water partition coefficient (Wildman–Crippen LogP) is 1.93. The van der Waals surface area contributed by atoms with Crippen molar-refractivity contribution in [1.29, 1.82) is 5.39 Å². The summed E-state index contributed by atoms with van der Waals surface area (Å²) in [5.74, 6) is -1.26. The summed E-state index contributed by atoms with van der Waals surface area (Å²) in [5.41, 5.74) is 0.861. The van der Waals surface area contributed by atoms with Crippen molar-refractivity contribution in [3.63, 3.8) is 0 Å². The van der Waals surface area contributed by atoms with E-state index in [0.29, 0.717) is 6.42 Å². The van der Waals surface area contributed by atoms with Crippen molar-refractivity contribution in [3.8, 4) is 0 Å². The normalized spacial score (nSPS) is 16.6. The minimum absolute atomic E-state index is 0.126. The van der Waals surface area contributed by atoms with Crippen molar-refractivity contribution in [2.75, 3.05) is 6.54 Å². The van der Waals surface area contributed by atoms with E-state index in [1.54, 1.807) is 19.1 Å². The number of aliphatic hydroxyl groups is 1. The molecule has 0 aromatic heterocycles. The van der Waals surface area contributed by atoms with Gasteiger partial charge in [0.2, 0.25) is 11.3 Å². The lowest BCUT2D eigenvalue weighted by Crippen LogP contribution is -2.26. The summed E-state index contributed by atoms with van der Waals surface area (Å²) in [5, 5.41) is 18.0. The molecular formula is C13H14N3O4S+. The molecule has 1 N–H and O–H groups in total. The zero-order valence-electron chi connectivity index (χ0n) is 11.4. The third-order valence-electron chi connectivity index (χ3n) is 3.20. The summed E-state index contributed by atoms with van der Waals surface area (Å²) in [6.45, 7) is 1.98. The first-order chi connectivity index (χ1) is 9.87. The first-order valence-electron chi connectivity index (χ1n) is 6.28. The van der Waals surface area contributed by atoms with Gasteiger partial charge >= 0.3 is 10.9 Å². The molecule has 1 amide bonds. The maximum absolute atomic E-state index is 12.4. The van der Waals surface area contributed by atoms with E-state index >= 15 is 0 Å². The molecule has 0 bridgehead atoms. The minimum Gasteiger partial charge on any atom is -0.488 e. The molecule has 0 saturated carbocycles. The Balaban J connectivity index is 2.52. The number of likely N-dealkylation sites (tertiary alicyclic amines) is 1. The quantitative estimate of drug-likeness (QED) is 0.679. The molecule has 110 valence electrons. The molecule has 7 nitrogen and oxygen atoms in total. The lowest BCUT2D eigenvalue weighted by atomic mass is 10.2. The van der Waals surface area contributed by atoms with Gasteiger partial charge in [0.15, 0.2) is 4.98 Å². The van der Waals surface area contributed by atoms with Gasteiger partial charge in [-0.15, -0.1) is 0 Å². The van der Waals surface area contributed by atoms with Gasteiger partial charge in [0.25, 0.3) is 9.84 Å². The number of sulfone groups is 1. The maximum atomic E-state index is 12.4. The monoisotopic (exact) mass is 308 g/mol. The zero-order chi connectivity index (χ0) is 15.6. The fourth-order valence-electron chi connectivity index (χ4n) is 2.04. The highest BCUT2D eigenvalue weighted by Gasteiger charge is 2.42. The van der Waals surface area contributed by atoms with E-state index in [-0.39, 0.29) is 17.9 Å². The van der Waals surface area contributed by atoms with Crippen molar-refractivity contribution in [2.24, 2.45) is 0 Å². The van der Waals surface area contributed by atoms with E-state index < -0.39 is 26.7 Å². The number of carbonyl (C=O) groups is 1. The molecule has 1 saturated heterocycles. The van der Waals surface area contributed by atoms with Crippen LogP contribution in [0.25, 0.3) is 4.98 Å². The predicted molar refractivity (Wildman–Crippen MR) is 74.1 cm³/mol. The molecular weight excluding hydrogens is 294 g/mol. The second-order valence-electron chi connectivity index (χ2n) is 4.69. The Hall–Kier alpha value is -2.40. The van der Waals surface area contributed by atoms with Crippen LogP contribution in [0.4, 0.5) is 0 Å². The standard InChI is InChI=1S/C13H13N3O4S/c1-9-4-6-10(7-5-9)21(19,20)12(15-14)13(18)16-8-2-3-11(16)17/h4-7H,2-3,8H2,1H3/p+1/b13-12+. The molecule has 1 aromatic carbocycles. The summed E-state index contributed by atoms with van der Waals surface area (Å²) < 4.78 is 24.7. The lowest BCUT2D eigenvalue weighted by molar-refractivity contribution is -0.127. The Labute approximate surface area is 122 Å². The van der Waals surface area contributed by atoms with Crippen LogP contribution in [0.15, 0.2) is 40.1 Å². The smallest absolute Gasteiger partial charge is 0.488 e. The molecule has 0 aliphatic carbocycles. The van der Waals surface area contributed by atoms with Crippen LogP contribution < -0.4 is 0 Å². The second kappa shape index (κ2) is 5.54. The molecule has 0 unspecified atom stereocenters. The molecule has 1 heterocycles. The number of hydrogen-bond acceptors (Lipinski definition) is 5. The average Bonchev–Trinajstić information content (AvgIpc) is 2.86. The van der Waals surface area contributed by atoms with Gasteiger partial charge in [-0.1, -0.05) is 17.7 Å². The molecule has 1 fully saturated rings. The molecule has 2 rings (SSSR count). The van der Waals surface area contributed by atoms with Crippen molar-refractivity contribution < 1.29 is 18.3 Å². The average molecular weight is 308 g/mol. The van der Waals surface area contributed by atoms with Gasteiger partial charge in [-0.2, -0.15) is 0 Å². The number of nitrogens with zero attached hydrogens (tertiary/aromatic N) is 3. The first kappa shape index (κ1) is 15.0. The van der Waals surface area contributed by atoms with E-state index in [1.807, 2.05) is 0 Å². The van der Waals surface area contributed by atoms with Gasteiger partial charge < -0.3 is 5.11 Å². The molecule has 0 radical (unpaired) electrons. The minimum atomic E-state index is -4.21. The molecule has 1 aromatic rings. The van der Waals surface area contributed by atoms with Crippen LogP contribution in [0.5, 0.6) is 0 Å². The maximum Gasteiger partial charge on any atom is 0.538 e. The molecule has 1 aliphatic rings. The summed E-state index contributed by atoms with van der Waals surface area (Å²) >= 11 is 0. The van der Waals surface area contributed by atoms with E-state index in [1.165, 1.54) is 12.1 Å². The number of aryl methyl sites for hydroxylation is 1. The fourth-order valence-corrected chi connectivity index (χ4v) is 3.21. The topological polar surface area (TPSA) is 103 Å². The van der Waals surface area contributed by atoms with E-state index in [9.17, 15) is 18.3 Å². The van der Waals surface area contributed by atoms with Crippen molar-refractivity contribution >= 4 is 15.7 Å². The Bertz CT molecular complexity index is 745. The summed E-state index contributed by atoms with van der Waals surface area (Å²) in [6.07, 6.45) is 0.722. The molecule has 21 heavy (non-hydrogen) atoms. The lowest BCUT2D eigenvalue weighted by Gasteiger charge is -2.11. The molecule has 0 spiro atoms. The van der Waals surface area contributed by atoms with Gasteiger partial charge in [0, 0.05) is 13.0 Å². The second-order valence-corrected chi connectivity index (χ2v) is 6.56. The third-order valence-corrected chi connectivity index (χ3v) is 4.86. The Morgan fingerprint density at radius 3 is 2.43 bits per heavy atom. The van der Waals surface area contributed by atoms with E-state index in [0.717, 1.165) is 10.5 Å². The van der Waals surface area contributed by atoms with Crippen LogP contribution in [0, 0.1) is 12.3 Å². The third kappa shape index (κ3) is 2.73. The first-order valence-corrected chi connectivity index (χ1v) is 7.76. The highest BCUT2D eigenvalue weighted by Crippen LogP contribution is 2.26. The summed E-state index contributed by atoms with van der Waals surface area (Å²) in [7, 11) is -4.21. The Kier molecular flexibility index (Phi) is 3.95. The van der Waals surface area contributed by atoms with E-state index in [4.69, 9.17) is 5.39 Å². The SMILES string of the molecule is Cc1ccc(S(=O)(=O)/C([N+]#N)=C(/O)N2CCCC2=O)cc1. The number of carbonyl (C=O) groups excluding carboxylic acids is 1. The zero-order valence-corrected chi connectivity index (χ0v) is 12.2. The van der Waals surface area contributed by atoms with Gasteiger partial charge in [-0.3, -0.25) is 9.69 Å². The fraction of sp³-hybridized carbons (Fsp3) is 0.308. The van der Waals surface area contributed by atoms with Crippen LogP contribution in [-0.4, -0.2) is 30.9 Å². The van der Waals surface area contributed by atoms with Gasteiger partial charge in [0.1, 0.15) is 0 Å². The van der Waals surface area contributed by atoms with Crippen molar-refractivity contribution in [1.82, 2.24) is 4.90 Å². The highest BCUT2D eigenvalue weighted by atomic mass is 32.2. The molecule has 8 heteroatoms. The number of amides is 1. The van der Waals surface area contributed by atoms with Crippen molar-refractivity contribution in [3.05, 3.63) is 45.7 Å².